The fourth-order valence-electron chi connectivity index (χ4n) is 1.24. The van der Waals surface area contributed by atoms with E-state index in [0.29, 0.717) is 23.7 Å². The van der Waals surface area contributed by atoms with Gasteiger partial charge in [-0.2, -0.15) is 5.26 Å². The molecule has 0 heterocycles. The molecule has 0 saturated carbocycles. The number of nitrogens with zero attached hydrogens (tertiary/aromatic N) is 1. The van der Waals surface area contributed by atoms with Crippen LogP contribution in [0.15, 0.2) is 18.2 Å². The van der Waals surface area contributed by atoms with Crippen LogP contribution in [0.3, 0.4) is 0 Å². The van der Waals surface area contributed by atoms with E-state index < -0.39 is 0 Å². The number of rotatable bonds is 6. The Bertz CT molecular complexity index is 454. The zero-order valence-corrected chi connectivity index (χ0v) is 10.1. The van der Waals surface area contributed by atoms with Gasteiger partial charge in [-0.3, -0.25) is 4.79 Å². The van der Waals surface area contributed by atoms with Gasteiger partial charge in [-0.1, -0.05) is 0 Å². The second-order valence-corrected chi connectivity index (χ2v) is 3.45. The van der Waals surface area contributed by atoms with Crippen molar-refractivity contribution in [3.63, 3.8) is 0 Å². The van der Waals surface area contributed by atoms with Crippen molar-refractivity contribution in [3.05, 3.63) is 18.2 Å². The van der Waals surface area contributed by atoms with Gasteiger partial charge < -0.3 is 20.5 Å². The van der Waals surface area contributed by atoms with Crippen molar-refractivity contribution in [1.82, 2.24) is 5.32 Å². The van der Waals surface area contributed by atoms with Gasteiger partial charge in [0.1, 0.15) is 11.5 Å². The predicted molar refractivity (Wildman–Crippen MR) is 66.1 cm³/mol. The molecule has 6 heteroatoms. The molecule has 18 heavy (non-hydrogen) atoms. The van der Waals surface area contributed by atoms with Crippen LogP contribution in [0.4, 0.5) is 5.69 Å². The van der Waals surface area contributed by atoms with Gasteiger partial charge in [-0.25, -0.2) is 0 Å². The molecule has 6 nitrogen and oxygen atoms in total. The second kappa shape index (κ2) is 7.01. The second-order valence-electron chi connectivity index (χ2n) is 3.45. The average Bonchev–Trinajstić information content (AvgIpc) is 2.37. The number of carbonyl (C=O) groups excluding carboxylic acids is 1. The van der Waals surface area contributed by atoms with Crippen molar-refractivity contribution < 1.29 is 14.3 Å². The Morgan fingerprint density at radius 1 is 1.56 bits per heavy atom. The number of carbonyl (C=O) groups is 1. The first kappa shape index (κ1) is 13.6. The quantitative estimate of drug-likeness (QED) is 0.571. The van der Waals surface area contributed by atoms with E-state index in [1.165, 1.54) is 7.11 Å². The maximum atomic E-state index is 11.3. The summed E-state index contributed by atoms with van der Waals surface area (Å²) in [5.41, 5.74) is 6.13. The largest absolute Gasteiger partial charge is 0.497 e. The Hall–Kier alpha value is -2.42. The minimum absolute atomic E-state index is 0.137. The molecule has 0 aromatic heterocycles. The average molecular weight is 249 g/mol. The lowest BCUT2D eigenvalue weighted by Gasteiger charge is -2.09. The minimum Gasteiger partial charge on any atom is -0.497 e. The van der Waals surface area contributed by atoms with Gasteiger partial charge in [-0.15, -0.1) is 0 Å². The number of hydrogen-bond donors (Lipinski definition) is 2. The van der Waals surface area contributed by atoms with Gasteiger partial charge in [0.2, 0.25) is 0 Å². The third-order valence-electron chi connectivity index (χ3n) is 2.13. The minimum atomic E-state index is -0.291. The van der Waals surface area contributed by atoms with Crippen LogP contribution in [0.5, 0.6) is 11.5 Å². The number of methoxy groups -OCH3 is 1. The molecule has 1 rings (SSSR count). The van der Waals surface area contributed by atoms with Crippen molar-refractivity contribution in [2.45, 2.75) is 6.42 Å². The number of nitrogen functional groups attached to an aromatic ring is 1. The van der Waals surface area contributed by atoms with Crippen LogP contribution in [0, 0.1) is 11.3 Å². The number of amides is 1. The van der Waals surface area contributed by atoms with E-state index in [2.05, 4.69) is 5.32 Å². The molecule has 3 N–H and O–H groups in total. The van der Waals surface area contributed by atoms with Crippen molar-refractivity contribution in [2.75, 3.05) is 26.0 Å². The van der Waals surface area contributed by atoms with E-state index in [1.807, 2.05) is 6.07 Å². The molecule has 1 amide bonds. The SMILES string of the molecule is COc1ccc(OCC(=O)NCCC#N)c(N)c1. The van der Waals surface area contributed by atoms with Crippen molar-refractivity contribution in [2.24, 2.45) is 0 Å². The molecule has 1 aromatic rings. The topological polar surface area (TPSA) is 97.4 Å². The highest BCUT2D eigenvalue weighted by atomic mass is 16.5. The Labute approximate surface area is 105 Å². The molecule has 1 aromatic carbocycles. The standard InChI is InChI=1S/C12H15N3O3/c1-17-9-3-4-11(10(14)7-9)18-8-12(16)15-6-2-5-13/h3-4,7H,2,6,8,14H2,1H3,(H,15,16). The molecule has 0 fully saturated rings. The van der Waals surface area contributed by atoms with Crippen LogP contribution in [0.25, 0.3) is 0 Å². The molecule has 0 saturated heterocycles. The maximum Gasteiger partial charge on any atom is 0.257 e. The molecule has 96 valence electrons. The van der Waals surface area contributed by atoms with Gasteiger partial charge >= 0.3 is 0 Å². The summed E-state index contributed by atoms with van der Waals surface area (Å²) in [7, 11) is 1.54. The van der Waals surface area contributed by atoms with Gasteiger partial charge in [0.15, 0.2) is 6.61 Å². The van der Waals surface area contributed by atoms with Crippen LogP contribution < -0.4 is 20.5 Å². The zero-order chi connectivity index (χ0) is 13.4. The summed E-state index contributed by atoms with van der Waals surface area (Å²) < 4.78 is 10.2. The number of nitrogens with one attached hydrogen (secondary N) is 1. The first-order valence-electron chi connectivity index (χ1n) is 5.37. The number of ether oxygens (including phenoxy) is 2. The monoisotopic (exact) mass is 249 g/mol. The molecule has 0 aliphatic heterocycles. The number of hydrogen-bond acceptors (Lipinski definition) is 5. The number of anilines is 1. The Morgan fingerprint density at radius 2 is 2.33 bits per heavy atom. The highest BCUT2D eigenvalue weighted by Gasteiger charge is 2.05. The lowest BCUT2D eigenvalue weighted by molar-refractivity contribution is -0.123. The first-order valence-corrected chi connectivity index (χ1v) is 5.37. The summed E-state index contributed by atoms with van der Waals surface area (Å²) in [6, 6.07) is 6.87. The molecule has 0 radical (unpaired) electrons. The van der Waals surface area contributed by atoms with Crippen molar-refractivity contribution in [1.29, 1.82) is 5.26 Å². The summed E-state index contributed by atoms with van der Waals surface area (Å²) in [5, 5.41) is 10.9. The normalized spacial score (nSPS) is 9.33. The lowest BCUT2D eigenvalue weighted by Crippen LogP contribution is -2.29. The highest BCUT2D eigenvalue weighted by molar-refractivity contribution is 5.77. The Kier molecular flexibility index (Phi) is 5.32. The van der Waals surface area contributed by atoms with Crippen LogP contribution >= 0.6 is 0 Å². The first-order chi connectivity index (χ1) is 8.67. The molecule has 0 bridgehead atoms. The van der Waals surface area contributed by atoms with Crippen LogP contribution in [-0.4, -0.2) is 26.2 Å². The van der Waals surface area contributed by atoms with Gasteiger partial charge in [0.05, 0.1) is 25.3 Å². The summed E-state index contributed by atoms with van der Waals surface area (Å²) in [6.45, 7) is 0.179. The molecule has 0 aliphatic carbocycles. The summed E-state index contributed by atoms with van der Waals surface area (Å²) in [6.07, 6.45) is 0.274. The Balaban J connectivity index is 2.44. The third-order valence-corrected chi connectivity index (χ3v) is 2.13. The van der Waals surface area contributed by atoms with E-state index in [-0.39, 0.29) is 18.9 Å². The number of benzene rings is 1. The van der Waals surface area contributed by atoms with Crippen LogP contribution in [-0.2, 0) is 4.79 Å². The van der Waals surface area contributed by atoms with E-state index in [4.69, 9.17) is 20.5 Å². The van der Waals surface area contributed by atoms with Crippen molar-refractivity contribution >= 4 is 11.6 Å². The predicted octanol–water partition coefficient (Wildman–Crippen LogP) is 0.686. The van der Waals surface area contributed by atoms with Gasteiger partial charge in [0.25, 0.3) is 5.91 Å². The van der Waals surface area contributed by atoms with Crippen LogP contribution in [0.1, 0.15) is 6.42 Å². The van der Waals surface area contributed by atoms with Crippen molar-refractivity contribution in [3.8, 4) is 17.6 Å². The van der Waals surface area contributed by atoms with E-state index in [1.54, 1.807) is 18.2 Å². The molecular weight excluding hydrogens is 234 g/mol. The number of nitrogens with two attached hydrogens (primary N) is 1. The third kappa shape index (κ3) is 4.22. The molecular formula is C12H15N3O3. The van der Waals surface area contributed by atoms with E-state index in [0.717, 1.165) is 0 Å². The zero-order valence-electron chi connectivity index (χ0n) is 10.1. The highest BCUT2D eigenvalue weighted by Crippen LogP contribution is 2.25. The molecule has 0 spiro atoms. The smallest absolute Gasteiger partial charge is 0.257 e. The maximum absolute atomic E-state index is 11.3. The van der Waals surface area contributed by atoms with E-state index >= 15 is 0 Å². The Morgan fingerprint density at radius 3 is 2.94 bits per heavy atom. The fraction of sp³-hybridized carbons (Fsp3) is 0.333. The number of nitriles is 1. The molecule has 0 unspecified atom stereocenters. The van der Waals surface area contributed by atoms with Gasteiger partial charge in [-0.05, 0) is 12.1 Å². The summed E-state index contributed by atoms with van der Waals surface area (Å²) >= 11 is 0. The lowest BCUT2D eigenvalue weighted by atomic mass is 10.3. The fourth-order valence-corrected chi connectivity index (χ4v) is 1.24. The summed E-state index contributed by atoms with van der Waals surface area (Å²) in [5.74, 6) is 0.755. The van der Waals surface area contributed by atoms with Crippen LogP contribution in [0.2, 0.25) is 0 Å². The van der Waals surface area contributed by atoms with Gasteiger partial charge in [0, 0.05) is 12.6 Å². The summed E-state index contributed by atoms with van der Waals surface area (Å²) in [4.78, 5) is 11.3. The molecule has 0 aliphatic rings. The molecule has 0 atom stereocenters. The van der Waals surface area contributed by atoms with E-state index in [9.17, 15) is 4.79 Å².